The van der Waals surface area contributed by atoms with Crippen molar-refractivity contribution in [2.24, 2.45) is 5.14 Å². The van der Waals surface area contributed by atoms with Gasteiger partial charge in [0.2, 0.25) is 21.8 Å². The molecule has 3 N–H and O–H groups in total. The van der Waals surface area contributed by atoms with Crippen molar-refractivity contribution in [3.8, 4) is 11.5 Å². The molecule has 1 aromatic heterocycles. The molecule has 0 saturated carbocycles. The van der Waals surface area contributed by atoms with E-state index in [4.69, 9.17) is 9.56 Å². The molecule has 0 aliphatic carbocycles. The van der Waals surface area contributed by atoms with Crippen molar-refractivity contribution in [2.75, 3.05) is 11.1 Å². The smallest absolute Gasteiger partial charge is 0.277 e. The van der Waals surface area contributed by atoms with Crippen LogP contribution in [-0.2, 0) is 14.8 Å². The van der Waals surface area contributed by atoms with Crippen LogP contribution in [-0.4, -0.2) is 30.3 Å². The van der Waals surface area contributed by atoms with Gasteiger partial charge in [0.05, 0.1) is 10.6 Å². The number of nitrogens with zero attached hydrogens (tertiary/aromatic N) is 2. The van der Waals surface area contributed by atoms with E-state index in [1.165, 1.54) is 12.1 Å². The number of amides is 1. The van der Waals surface area contributed by atoms with Crippen LogP contribution >= 0.6 is 11.8 Å². The molecule has 0 aliphatic heterocycles. The summed E-state index contributed by atoms with van der Waals surface area (Å²) in [6.45, 7) is 1.75. The molecule has 0 aliphatic rings. The van der Waals surface area contributed by atoms with Crippen molar-refractivity contribution in [1.29, 1.82) is 0 Å². The summed E-state index contributed by atoms with van der Waals surface area (Å²) in [6.07, 6.45) is 0. The molecule has 10 heteroatoms. The fourth-order valence-corrected chi connectivity index (χ4v) is 3.29. The van der Waals surface area contributed by atoms with E-state index in [0.29, 0.717) is 17.1 Å². The Morgan fingerprint density at radius 3 is 2.63 bits per heavy atom. The standard InChI is InChI=1S/C17H16N4O4S2/c1-11-7-8-13(27(18,23)24)9-14(11)19-15(22)10-26-17-21-20-16(25-17)12-5-3-2-4-6-12/h2-9H,10H2,1H3,(H,19,22)(H2,18,23,24). The van der Waals surface area contributed by atoms with Gasteiger partial charge in [0.15, 0.2) is 0 Å². The molecule has 0 spiro atoms. The topological polar surface area (TPSA) is 128 Å². The normalized spacial score (nSPS) is 11.3. The highest BCUT2D eigenvalue weighted by atomic mass is 32.2. The lowest BCUT2D eigenvalue weighted by Gasteiger charge is -2.09. The Morgan fingerprint density at radius 1 is 1.19 bits per heavy atom. The number of benzene rings is 2. The van der Waals surface area contributed by atoms with Crippen molar-refractivity contribution in [1.82, 2.24) is 10.2 Å². The van der Waals surface area contributed by atoms with Gasteiger partial charge in [0, 0.05) is 11.3 Å². The van der Waals surface area contributed by atoms with Crippen molar-refractivity contribution in [3.05, 3.63) is 54.1 Å². The van der Waals surface area contributed by atoms with Crippen molar-refractivity contribution in [2.45, 2.75) is 17.0 Å². The second-order valence-corrected chi connectivity index (χ2v) is 8.09. The molecule has 1 amide bonds. The van der Waals surface area contributed by atoms with Gasteiger partial charge in [0.1, 0.15) is 0 Å². The van der Waals surface area contributed by atoms with Crippen LogP contribution in [0.4, 0.5) is 5.69 Å². The summed E-state index contributed by atoms with van der Waals surface area (Å²) in [6, 6.07) is 13.6. The first-order chi connectivity index (χ1) is 12.8. The Bertz CT molecular complexity index is 1070. The number of anilines is 1. The van der Waals surface area contributed by atoms with Crippen LogP contribution in [0.2, 0.25) is 0 Å². The average molecular weight is 404 g/mol. The minimum atomic E-state index is -3.85. The molecule has 0 radical (unpaired) electrons. The highest BCUT2D eigenvalue weighted by Gasteiger charge is 2.14. The lowest BCUT2D eigenvalue weighted by Crippen LogP contribution is -2.17. The molecule has 3 aromatic rings. The predicted octanol–water partition coefficient (Wildman–Crippen LogP) is 2.42. The van der Waals surface area contributed by atoms with Crippen LogP contribution in [0.1, 0.15) is 5.56 Å². The van der Waals surface area contributed by atoms with Crippen molar-refractivity contribution >= 4 is 33.4 Å². The molecule has 3 rings (SSSR count). The highest BCUT2D eigenvalue weighted by Crippen LogP contribution is 2.24. The first kappa shape index (κ1) is 19.1. The van der Waals surface area contributed by atoms with Crippen molar-refractivity contribution in [3.63, 3.8) is 0 Å². The summed E-state index contributed by atoms with van der Waals surface area (Å²) in [5, 5.41) is 15.9. The second kappa shape index (κ2) is 7.91. The average Bonchev–Trinajstić information content (AvgIpc) is 3.11. The minimum absolute atomic E-state index is 0.0233. The summed E-state index contributed by atoms with van der Waals surface area (Å²) < 4.78 is 28.4. The van der Waals surface area contributed by atoms with E-state index in [0.717, 1.165) is 17.3 Å². The zero-order valence-electron chi connectivity index (χ0n) is 14.2. The number of sulfonamides is 1. The number of primary sulfonamides is 1. The van der Waals surface area contributed by atoms with E-state index in [9.17, 15) is 13.2 Å². The number of nitrogens with two attached hydrogens (primary N) is 1. The van der Waals surface area contributed by atoms with Crippen LogP contribution in [0, 0.1) is 6.92 Å². The quantitative estimate of drug-likeness (QED) is 0.604. The monoisotopic (exact) mass is 404 g/mol. The molecular formula is C17H16N4O4S2. The van der Waals surface area contributed by atoms with Gasteiger partial charge in [-0.2, -0.15) is 0 Å². The maximum atomic E-state index is 12.2. The molecule has 8 nitrogen and oxygen atoms in total. The third kappa shape index (κ3) is 4.94. The van der Waals surface area contributed by atoms with E-state index in [1.807, 2.05) is 30.3 Å². The summed E-state index contributed by atoms with van der Waals surface area (Å²) in [7, 11) is -3.85. The lowest BCUT2D eigenvalue weighted by molar-refractivity contribution is -0.113. The number of carbonyl (C=O) groups is 1. The number of nitrogens with one attached hydrogen (secondary N) is 1. The van der Waals surface area contributed by atoms with Crippen LogP contribution < -0.4 is 10.5 Å². The molecule has 0 saturated heterocycles. The first-order valence-corrected chi connectivity index (χ1v) is 10.3. The molecule has 0 unspecified atom stereocenters. The van der Waals surface area contributed by atoms with E-state index in [-0.39, 0.29) is 21.8 Å². The molecule has 0 bridgehead atoms. The van der Waals surface area contributed by atoms with Gasteiger partial charge in [-0.3, -0.25) is 4.79 Å². The minimum Gasteiger partial charge on any atom is -0.411 e. The van der Waals surface area contributed by atoms with E-state index in [2.05, 4.69) is 15.5 Å². The van der Waals surface area contributed by atoms with Crippen LogP contribution in [0.15, 0.2) is 63.1 Å². The van der Waals surface area contributed by atoms with Gasteiger partial charge >= 0.3 is 0 Å². The SMILES string of the molecule is Cc1ccc(S(N)(=O)=O)cc1NC(=O)CSc1nnc(-c2ccccc2)o1. The zero-order valence-corrected chi connectivity index (χ0v) is 15.9. The van der Waals surface area contributed by atoms with Gasteiger partial charge in [-0.1, -0.05) is 36.0 Å². The van der Waals surface area contributed by atoms with E-state index in [1.54, 1.807) is 13.0 Å². The summed E-state index contributed by atoms with van der Waals surface area (Å²) >= 11 is 1.08. The lowest BCUT2D eigenvalue weighted by atomic mass is 10.2. The van der Waals surface area contributed by atoms with Crippen LogP contribution in [0.3, 0.4) is 0 Å². The van der Waals surface area contributed by atoms with Gasteiger partial charge in [-0.15, -0.1) is 10.2 Å². The summed E-state index contributed by atoms with van der Waals surface area (Å²) in [5.74, 6) is 0.0551. The maximum absolute atomic E-state index is 12.2. The number of aromatic nitrogens is 2. The third-order valence-electron chi connectivity index (χ3n) is 3.57. The highest BCUT2D eigenvalue weighted by molar-refractivity contribution is 7.99. The number of aryl methyl sites for hydroxylation is 1. The number of carbonyl (C=O) groups excluding carboxylic acids is 1. The molecule has 27 heavy (non-hydrogen) atoms. The Labute approximate surface area is 160 Å². The number of hydrogen-bond donors (Lipinski definition) is 2. The summed E-state index contributed by atoms with van der Waals surface area (Å²) in [5.41, 5.74) is 1.88. The molecule has 1 heterocycles. The Kier molecular flexibility index (Phi) is 5.59. The Balaban J connectivity index is 1.63. The molecule has 140 valence electrons. The summed E-state index contributed by atoms with van der Waals surface area (Å²) in [4.78, 5) is 12.1. The predicted molar refractivity (Wildman–Crippen MR) is 102 cm³/mol. The van der Waals surface area contributed by atoms with Crippen LogP contribution in [0.25, 0.3) is 11.5 Å². The molecule has 0 atom stereocenters. The van der Waals surface area contributed by atoms with E-state index < -0.39 is 10.0 Å². The Hall–Kier alpha value is -2.69. The maximum Gasteiger partial charge on any atom is 0.277 e. The van der Waals surface area contributed by atoms with Gasteiger partial charge in [0.25, 0.3) is 5.22 Å². The second-order valence-electron chi connectivity index (χ2n) is 5.60. The zero-order chi connectivity index (χ0) is 19.4. The van der Waals surface area contributed by atoms with Gasteiger partial charge in [-0.25, -0.2) is 13.6 Å². The van der Waals surface area contributed by atoms with Gasteiger partial charge in [-0.05, 0) is 36.8 Å². The molecule has 2 aromatic carbocycles. The van der Waals surface area contributed by atoms with E-state index >= 15 is 0 Å². The molecular weight excluding hydrogens is 388 g/mol. The number of rotatable bonds is 6. The third-order valence-corrected chi connectivity index (χ3v) is 5.30. The molecule has 0 fully saturated rings. The van der Waals surface area contributed by atoms with Crippen LogP contribution in [0.5, 0.6) is 0 Å². The fraction of sp³-hybridized carbons (Fsp3) is 0.118. The first-order valence-electron chi connectivity index (χ1n) is 7.78. The van der Waals surface area contributed by atoms with Crippen molar-refractivity contribution < 1.29 is 17.6 Å². The van der Waals surface area contributed by atoms with Gasteiger partial charge < -0.3 is 9.73 Å². The number of hydrogen-bond acceptors (Lipinski definition) is 7. The largest absolute Gasteiger partial charge is 0.411 e. The number of thioether (sulfide) groups is 1. The fourth-order valence-electron chi connectivity index (χ4n) is 2.19. The Morgan fingerprint density at radius 2 is 1.93 bits per heavy atom.